The van der Waals surface area contributed by atoms with Crippen LogP contribution in [-0.4, -0.2) is 17.5 Å². The molecule has 0 aromatic heterocycles. The van der Waals surface area contributed by atoms with Crippen LogP contribution < -0.4 is 10.6 Å². The fourth-order valence-corrected chi connectivity index (χ4v) is 4.52. The smallest absolute Gasteiger partial charge is 0.352 e. The van der Waals surface area contributed by atoms with Crippen LogP contribution in [0.25, 0.3) is 5.70 Å². The molecule has 4 rings (SSSR count). The summed E-state index contributed by atoms with van der Waals surface area (Å²) in [5.41, 5.74) is 4.16. The molecule has 2 N–H and O–H groups in total. The molecule has 2 amide bonds. The van der Waals surface area contributed by atoms with Crippen molar-refractivity contribution in [3.8, 4) is 0 Å². The van der Waals surface area contributed by atoms with Gasteiger partial charge in [0.05, 0.1) is 27.6 Å². The van der Waals surface area contributed by atoms with Gasteiger partial charge in [-0.3, -0.25) is 14.6 Å². The number of benzene rings is 2. The van der Waals surface area contributed by atoms with Gasteiger partial charge in [-0.1, -0.05) is 63.6 Å². The summed E-state index contributed by atoms with van der Waals surface area (Å²) in [6.45, 7) is 7.68. The highest BCUT2D eigenvalue weighted by atomic mass is 35.5. The molecule has 2 aliphatic rings. The highest BCUT2D eigenvalue weighted by molar-refractivity contribution is 6.34. The third-order valence-corrected chi connectivity index (χ3v) is 6.82. The minimum absolute atomic E-state index is 0.105. The van der Waals surface area contributed by atoms with E-state index in [1.54, 1.807) is 18.2 Å². The van der Waals surface area contributed by atoms with E-state index < -0.39 is 23.1 Å². The van der Waals surface area contributed by atoms with E-state index in [4.69, 9.17) is 16.6 Å². The van der Waals surface area contributed by atoms with Crippen molar-refractivity contribution in [1.82, 2.24) is 10.6 Å². The molecule has 1 aliphatic heterocycles. The van der Waals surface area contributed by atoms with Crippen molar-refractivity contribution in [2.45, 2.75) is 53.3 Å². The van der Waals surface area contributed by atoms with Crippen molar-refractivity contribution in [2.24, 2.45) is 10.4 Å². The van der Waals surface area contributed by atoms with Gasteiger partial charge < -0.3 is 10.6 Å². The molecule has 0 fully saturated rings. The van der Waals surface area contributed by atoms with Gasteiger partial charge in [0.15, 0.2) is 0 Å². The molecule has 0 atom stereocenters. The second-order valence-electron chi connectivity index (χ2n) is 10.4. The van der Waals surface area contributed by atoms with E-state index in [9.17, 15) is 22.8 Å². The van der Waals surface area contributed by atoms with Gasteiger partial charge in [0.2, 0.25) is 5.91 Å². The van der Waals surface area contributed by atoms with Crippen LogP contribution in [0.5, 0.6) is 0 Å². The number of allylic oxidation sites excluding steroid dienone is 4. The first kappa shape index (κ1) is 28.4. The predicted octanol–water partition coefficient (Wildman–Crippen LogP) is 7.24. The maximum absolute atomic E-state index is 13.1. The normalized spacial score (nSPS) is 15.3. The first-order valence-corrected chi connectivity index (χ1v) is 12.9. The van der Waals surface area contributed by atoms with Gasteiger partial charge in [0, 0.05) is 35.2 Å². The molecule has 5 nitrogen and oxygen atoms in total. The van der Waals surface area contributed by atoms with Crippen molar-refractivity contribution in [3.63, 3.8) is 0 Å². The predicted molar refractivity (Wildman–Crippen MR) is 147 cm³/mol. The Labute approximate surface area is 230 Å². The van der Waals surface area contributed by atoms with E-state index in [-0.39, 0.29) is 23.0 Å². The number of rotatable bonds is 6. The number of alkyl halides is 3. The number of halogens is 4. The number of carbonyl (C=O) groups is 2. The van der Waals surface area contributed by atoms with Crippen LogP contribution in [0, 0.1) is 5.41 Å². The SMILES string of the molecule is CCC1=C(c2ccc(C(F)(F)F)cc2)N=C2CC=C(NC(=O)c3cc(CNC(=O)C(C)(C)C)ccc3Cl)C=C21. The number of nitrogens with one attached hydrogen (secondary N) is 2. The molecular weight excluding hydrogens is 527 g/mol. The fraction of sp³-hybridized carbons (Fsp3) is 0.300. The molecule has 0 spiro atoms. The molecule has 0 radical (unpaired) electrons. The third kappa shape index (κ3) is 6.33. The Kier molecular flexibility index (Phi) is 7.89. The largest absolute Gasteiger partial charge is 0.416 e. The van der Waals surface area contributed by atoms with Gasteiger partial charge in [-0.2, -0.15) is 13.2 Å². The average molecular weight is 556 g/mol. The maximum atomic E-state index is 13.1. The Morgan fingerprint density at radius 1 is 1.05 bits per heavy atom. The Hall–Kier alpha value is -3.65. The molecular formula is C30H29ClF3N3O2. The molecule has 1 aliphatic carbocycles. The van der Waals surface area contributed by atoms with Crippen molar-refractivity contribution in [3.05, 3.63) is 98.7 Å². The zero-order chi connectivity index (χ0) is 28.5. The molecule has 1 heterocycles. The zero-order valence-electron chi connectivity index (χ0n) is 22.1. The zero-order valence-corrected chi connectivity index (χ0v) is 22.8. The molecule has 0 saturated heterocycles. The summed E-state index contributed by atoms with van der Waals surface area (Å²) in [7, 11) is 0. The van der Waals surface area contributed by atoms with Crippen LogP contribution in [0.3, 0.4) is 0 Å². The Morgan fingerprint density at radius 3 is 2.36 bits per heavy atom. The lowest BCUT2D eigenvalue weighted by Gasteiger charge is -2.18. The number of aliphatic imine (C=N–C) groups is 1. The lowest BCUT2D eigenvalue weighted by Crippen LogP contribution is -2.34. The Morgan fingerprint density at radius 2 is 1.74 bits per heavy atom. The van der Waals surface area contributed by atoms with Crippen LogP contribution in [0.15, 0.2) is 76.5 Å². The van der Waals surface area contributed by atoms with Gasteiger partial charge in [-0.05, 0) is 47.9 Å². The molecule has 0 saturated carbocycles. The van der Waals surface area contributed by atoms with E-state index >= 15 is 0 Å². The fourth-order valence-electron chi connectivity index (χ4n) is 4.31. The van der Waals surface area contributed by atoms with Gasteiger partial charge in [0.25, 0.3) is 5.91 Å². The number of fused-ring (bicyclic) bond motifs is 1. The summed E-state index contributed by atoms with van der Waals surface area (Å²) in [5.74, 6) is -0.498. The van der Waals surface area contributed by atoms with E-state index in [0.29, 0.717) is 29.8 Å². The highest BCUT2D eigenvalue weighted by Crippen LogP contribution is 2.38. The van der Waals surface area contributed by atoms with Crippen LogP contribution in [0.2, 0.25) is 5.02 Å². The molecule has 39 heavy (non-hydrogen) atoms. The molecule has 0 bridgehead atoms. The summed E-state index contributed by atoms with van der Waals surface area (Å²) in [6.07, 6.45) is 0.340. The van der Waals surface area contributed by atoms with E-state index in [0.717, 1.165) is 34.6 Å². The minimum atomic E-state index is -4.40. The second-order valence-corrected chi connectivity index (χ2v) is 10.8. The third-order valence-electron chi connectivity index (χ3n) is 6.49. The summed E-state index contributed by atoms with van der Waals surface area (Å²) in [5, 5.41) is 6.04. The number of hydrogen-bond donors (Lipinski definition) is 2. The van der Waals surface area contributed by atoms with Crippen molar-refractivity contribution >= 4 is 34.8 Å². The molecule has 0 unspecified atom stereocenters. The van der Waals surface area contributed by atoms with Crippen LogP contribution >= 0.6 is 11.6 Å². The lowest BCUT2D eigenvalue weighted by atomic mass is 9.92. The summed E-state index contributed by atoms with van der Waals surface area (Å²) in [6, 6.07) is 10.0. The number of nitrogens with zero attached hydrogens (tertiary/aromatic N) is 1. The first-order chi connectivity index (χ1) is 18.3. The summed E-state index contributed by atoms with van der Waals surface area (Å²) in [4.78, 5) is 30.1. The summed E-state index contributed by atoms with van der Waals surface area (Å²) < 4.78 is 39.0. The van der Waals surface area contributed by atoms with Gasteiger partial charge in [-0.25, -0.2) is 0 Å². The molecule has 204 valence electrons. The van der Waals surface area contributed by atoms with Crippen LogP contribution in [-0.2, 0) is 17.5 Å². The molecule has 2 aromatic rings. The molecule has 9 heteroatoms. The second kappa shape index (κ2) is 10.8. The number of hydrogen-bond acceptors (Lipinski definition) is 3. The monoisotopic (exact) mass is 555 g/mol. The lowest BCUT2D eigenvalue weighted by molar-refractivity contribution is -0.137. The minimum Gasteiger partial charge on any atom is -0.352 e. The standard InChI is InChI=1S/C30H29ClF3N3O2/c1-5-21-22-15-20(11-13-25(22)37-26(21)18-7-9-19(10-8-18)30(32,33)34)36-27(38)23-14-17(6-12-24(23)31)16-35-28(39)29(2,3)4/h6-12,14-15H,5,13,16H2,1-4H3,(H,35,39)(H,36,38). The average Bonchev–Trinajstić information content (AvgIpc) is 3.24. The van der Waals surface area contributed by atoms with Crippen molar-refractivity contribution in [2.75, 3.05) is 0 Å². The molecule has 2 aromatic carbocycles. The maximum Gasteiger partial charge on any atom is 0.416 e. The number of amides is 2. The van der Waals surface area contributed by atoms with Gasteiger partial charge in [0.1, 0.15) is 0 Å². The topological polar surface area (TPSA) is 70.6 Å². The van der Waals surface area contributed by atoms with E-state index in [1.165, 1.54) is 12.1 Å². The first-order valence-electron chi connectivity index (χ1n) is 12.6. The van der Waals surface area contributed by atoms with Crippen molar-refractivity contribution in [1.29, 1.82) is 0 Å². The summed E-state index contributed by atoms with van der Waals surface area (Å²) >= 11 is 6.32. The highest BCUT2D eigenvalue weighted by Gasteiger charge is 2.31. The van der Waals surface area contributed by atoms with Crippen LogP contribution in [0.4, 0.5) is 13.2 Å². The van der Waals surface area contributed by atoms with Crippen LogP contribution in [0.1, 0.15) is 67.6 Å². The Balaban J connectivity index is 1.52. The quantitative estimate of drug-likeness (QED) is 0.394. The number of carbonyl (C=O) groups excluding carboxylic acids is 2. The van der Waals surface area contributed by atoms with Gasteiger partial charge >= 0.3 is 6.18 Å². The van der Waals surface area contributed by atoms with Gasteiger partial charge in [-0.15, -0.1) is 0 Å². The van der Waals surface area contributed by atoms with E-state index in [2.05, 4.69) is 10.6 Å². The Bertz CT molecular complexity index is 1440. The van der Waals surface area contributed by atoms with Crippen molar-refractivity contribution < 1.29 is 22.8 Å². The van der Waals surface area contributed by atoms with E-state index in [1.807, 2.05) is 39.8 Å².